The van der Waals surface area contributed by atoms with Crippen molar-refractivity contribution in [2.24, 2.45) is 0 Å². The highest BCUT2D eigenvalue weighted by molar-refractivity contribution is 9.09. The van der Waals surface area contributed by atoms with E-state index in [1.807, 2.05) is 51.1 Å². The Morgan fingerprint density at radius 1 is 1.14 bits per heavy atom. The molecule has 0 amide bonds. The van der Waals surface area contributed by atoms with E-state index in [4.69, 9.17) is 0 Å². The Kier molecular flexibility index (Phi) is 7.92. The van der Waals surface area contributed by atoms with E-state index in [-0.39, 0.29) is 17.7 Å². The summed E-state index contributed by atoms with van der Waals surface area (Å²) in [5, 5.41) is 0.669. The van der Waals surface area contributed by atoms with Crippen molar-refractivity contribution in [3.8, 4) is 0 Å². The van der Waals surface area contributed by atoms with Gasteiger partial charge in [-0.25, -0.2) is 8.42 Å². The van der Waals surface area contributed by atoms with Crippen LogP contribution in [-0.2, 0) is 10.0 Å². The largest absolute Gasteiger partial charge is 0.214 e. The molecular formula is C16H26BrNO2S. The van der Waals surface area contributed by atoms with Crippen LogP contribution in [0.2, 0.25) is 0 Å². The minimum Gasteiger partial charge on any atom is -0.212 e. The molecule has 0 aromatic heterocycles. The normalized spacial score (nSPS) is 13.8. The number of halogens is 1. The highest BCUT2D eigenvalue weighted by atomic mass is 79.9. The van der Waals surface area contributed by atoms with Gasteiger partial charge in [0.05, 0.1) is 5.75 Å². The summed E-state index contributed by atoms with van der Waals surface area (Å²) in [5.74, 6) is 0.170. The fraction of sp³-hybridized carbons (Fsp3) is 0.625. The third kappa shape index (κ3) is 5.38. The van der Waals surface area contributed by atoms with E-state index in [0.29, 0.717) is 11.9 Å². The maximum Gasteiger partial charge on any atom is 0.214 e. The molecule has 0 aliphatic carbocycles. The van der Waals surface area contributed by atoms with Gasteiger partial charge in [-0.15, -0.1) is 0 Å². The van der Waals surface area contributed by atoms with Crippen molar-refractivity contribution < 1.29 is 8.42 Å². The van der Waals surface area contributed by atoms with Crippen molar-refractivity contribution in [2.75, 3.05) is 17.6 Å². The molecule has 0 saturated carbocycles. The van der Waals surface area contributed by atoms with Crippen LogP contribution in [0.25, 0.3) is 0 Å². The lowest BCUT2D eigenvalue weighted by Gasteiger charge is -2.30. The first-order chi connectivity index (χ1) is 9.96. The summed E-state index contributed by atoms with van der Waals surface area (Å²) in [6, 6.07) is 9.94. The van der Waals surface area contributed by atoms with Crippen molar-refractivity contribution in [1.29, 1.82) is 0 Å². The van der Waals surface area contributed by atoms with E-state index in [1.165, 1.54) is 0 Å². The van der Waals surface area contributed by atoms with Crippen molar-refractivity contribution in [2.45, 2.75) is 45.6 Å². The van der Waals surface area contributed by atoms with Crippen LogP contribution < -0.4 is 0 Å². The summed E-state index contributed by atoms with van der Waals surface area (Å²) in [5.41, 5.74) is 1.07. The average Bonchev–Trinajstić information content (AvgIpc) is 2.48. The summed E-state index contributed by atoms with van der Waals surface area (Å²) < 4.78 is 27.2. The van der Waals surface area contributed by atoms with Crippen LogP contribution in [-0.4, -0.2) is 36.4 Å². The Morgan fingerprint density at radius 2 is 1.71 bits per heavy atom. The number of nitrogens with zero attached hydrogens (tertiary/aromatic N) is 1. The van der Waals surface area contributed by atoms with Gasteiger partial charge in [0.25, 0.3) is 0 Å². The van der Waals surface area contributed by atoms with Gasteiger partial charge < -0.3 is 0 Å². The number of alkyl halides is 1. The van der Waals surface area contributed by atoms with Crippen LogP contribution in [0.5, 0.6) is 0 Å². The number of sulfonamides is 1. The first-order valence-electron chi connectivity index (χ1n) is 7.56. The molecule has 5 heteroatoms. The lowest BCUT2D eigenvalue weighted by molar-refractivity contribution is 0.317. The van der Waals surface area contributed by atoms with Crippen molar-refractivity contribution in [3.05, 3.63) is 35.9 Å². The fourth-order valence-corrected chi connectivity index (χ4v) is 5.37. The Morgan fingerprint density at radius 3 is 2.19 bits per heavy atom. The van der Waals surface area contributed by atoms with Gasteiger partial charge in [0, 0.05) is 17.9 Å². The van der Waals surface area contributed by atoms with E-state index >= 15 is 0 Å². The number of hydrogen-bond acceptors (Lipinski definition) is 2. The molecule has 0 radical (unpaired) electrons. The Bertz CT molecular complexity index is 500. The number of benzene rings is 1. The quantitative estimate of drug-likeness (QED) is 0.611. The summed E-state index contributed by atoms with van der Waals surface area (Å²) >= 11 is 3.37. The van der Waals surface area contributed by atoms with Gasteiger partial charge in [0.1, 0.15) is 0 Å². The van der Waals surface area contributed by atoms with Crippen LogP contribution >= 0.6 is 15.9 Å². The first-order valence-corrected chi connectivity index (χ1v) is 10.3. The summed E-state index contributed by atoms with van der Waals surface area (Å²) in [6.45, 7) is 6.61. The van der Waals surface area contributed by atoms with E-state index in [0.717, 1.165) is 18.4 Å². The van der Waals surface area contributed by atoms with E-state index in [1.54, 1.807) is 4.31 Å². The summed E-state index contributed by atoms with van der Waals surface area (Å²) in [7, 11) is -3.25. The molecule has 0 saturated heterocycles. The van der Waals surface area contributed by atoms with E-state index in [2.05, 4.69) is 15.9 Å². The second kappa shape index (κ2) is 8.91. The highest BCUT2D eigenvalue weighted by Gasteiger charge is 2.29. The van der Waals surface area contributed by atoms with Gasteiger partial charge in [0.2, 0.25) is 10.0 Å². The maximum atomic E-state index is 12.8. The van der Waals surface area contributed by atoms with Crippen LogP contribution in [0.15, 0.2) is 30.3 Å². The van der Waals surface area contributed by atoms with Crippen LogP contribution in [0, 0.1) is 0 Å². The number of rotatable bonds is 9. The third-order valence-electron chi connectivity index (χ3n) is 3.84. The molecule has 1 atom stereocenters. The van der Waals surface area contributed by atoms with Gasteiger partial charge in [-0.2, -0.15) is 4.31 Å². The molecule has 0 fully saturated rings. The number of hydrogen-bond donors (Lipinski definition) is 0. The van der Waals surface area contributed by atoms with Crippen molar-refractivity contribution >= 4 is 26.0 Å². The van der Waals surface area contributed by atoms with Crippen LogP contribution in [0.3, 0.4) is 0 Å². The van der Waals surface area contributed by atoms with Crippen LogP contribution in [0.4, 0.5) is 0 Å². The first kappa shape index (κ1) is 18.7. The second-order valence-electron chi connectivity index (χ2n) is 5.36. The average molecular weight is 376 g/mol. The topological polar surface area (TPSA) is 37.4 Å². The predicted molar refractivity (Wildman–Crippen MR) is 93.5 cm³/mol. The molecule has 1 rings (SSSR count). The molecular weight excluding hydrogens is 350 g/mol. The smallest absolute Gasteiger partial charge is 0.212 e. The highest BCUT2D eigenvalue weighted by Crippen LogP contribution is 2.22. The predicted octanol–water partition coefficient (Wildman–Crippen LogP) is 4.01. The molecule has 0 bridgehead atoms. The molecule has 0 aliphatic heterocycles. The molecule has 3 nitrogen and oxygen atoms in total. The van der Waals surface area contributed by atoms with Gasteiger partial charge >= 0.3 is 0 Å². The van der Waals surface area contributed by atoms with E-state index < -0.39 is 10.0 Å². The molecule has 0 aliphatic rings. The Balaban J connectivity index is 2.91. The maximum absolute atomic E-state index is 12.8. The second-order valence-corrected chi connectivity index (χ2v) is 8.12. The molecule has 120 valence electrons. The zero-order valence-corrected chi connectivity index (χ0v) is 15.5. The zero-order valence-electron chi connectivity index (χ0n) is 13.1. The Labute approximate surface area is 137 Å². The lowest BCUT2D eigenvalue weighted by Crippen LogP contribution is -2.42. The molecule has 0 N–H and O–H groups in total. The van der Waals surface area contributed by atoms with Crippen molar-refractivity contribution in [3.63, 3.8) is 0 Å². The molecule has 0 heterocycles. The van der Waals surface area contributed by atoms with Crippen LogP contribution in [0.1, 0.15) is 45.1 Å². The monoisotopic (exact) mass is 375 g/mol. The third-order valence-corrected chi connectivity index (χ3v) is 6.31. The minimum absolute atomic E-state index is 0.00314. The fourth-order valence-electron chi connectivity index (χ4n) is 2.62. The standard InChI is InChI=1S/C16H26BrNO2S/c1-4-16(5-2)18(12-11-17)21(19,20)13-14(3)15-9-7-6-8-10-15/h6-10,14,16H,4-5,11-13H2,1-3H3. The van der Waals surface area contributed by atoms with Crippen molar-refractivity contribution in [1.82, 2.24) is 4.31 Å². The molecule has 0 spiro atoms. The zero-order chi connectivity index (χ0) is 15.9. The SMILES string of the molecule is CCC(CC)N(CCBr)S(=O)(=O)CC(C)c1ccccc1. The summed E-state index contributed by atoms with van der Waals surface area (Å²) in [4.78, 5) is 0. The van der Waals surface area contributed by atoms with Gasteiger partial charge in [-0.05, 0) is 24.3 Å². The minimum atomic E-state index is -3.25. The molecule has 1 aromatic rings. The van der Waals surface area contributed by atoms with Gasteiger partial charge in [-0.1, -0.05) is 67.0 Å². The lowest BCUT2D eigenvalue weighted by atomic mass is 10.0. The Hall–Kier alpha value is -0.390. The molecule has 1 aromatic carbocycles. The van der Waals surface area contributed by atoms with Gasteiger partial charge in [0.15, 0.2) is 0 Å². The summed E-state index contributed by atoms with van der Waals surface area (Å²) in [6.07, 6.45) is 1.70. The van der Waals surface area contributed by atoms with E-state index in [9.17, 15) is 8.42 Å². The molecule has 21 heavy (non-hydrogen) atoms. The molecule has 1 unspecified atom stereocenters. The van der Waals surface area contributed by atoms with Gasteiger partial charge in [-0.3, -0.25) is 0 Å².